The smallest absolute Gasteiger partial charge is 0.223 e. The van der Waals surface area contributed by atoms with Gasteiger partial charge >= 0.3 is 0 Å². The standard InChI is InChI=1S/C12H14N4O3S/c1-6(17)14-12-16-15-11(20-12)10(19)9(18)7-3-2-4-8(13)5-7/h2-5,9-10,18-19H,13H2,1H3,(H,14,16,17). The topological polar surface area (TPSA) is 121 Å². The highest BCUT2D eigenvalue weighted by Crippen LogP contribution is 2.32. The van der Waals surface area contributed by atoms with E-state index >= 15 is 0 Å². The molecular formula is C12H14N4O3S. The van der Waals surface area contributed by atoms with Crippen LogP contribution in [0.25, 0.3) is 0 Å². The lowest BCUT2D eigenvalue weighted by atomic mass is 10.0. The lowest BCUT2D eigenvalue weighted by Gasteiger charge is -2.15. The number of anilines is 2. The van der Waals surface area contributed by atoms with Gasteiger partial charge in [0.15, 0.2) is 5.01 Å². The van der Waals surface area contributed by atoms with Gasteiger partial charge in [0.25, 0.3) is 0 Å². The maximum Gasteiger partial charge on any atom is 0.223 e. The van der Waals surface area contributed by atoms with E-state index < -0.39 is 12.2 Å². The predicted octanol–water partition coefficient (Wildman–Crippen LogP) is 0.846. The summed E-state index contributed by atoms with van der Waals surface area (Å²) in [5.41, 5.74) is 6.60. The van der Waals surface area contributed by atoms with E-state index in [0.29, 0.717) is 11.3 Å². The van der Waals surface area contributed by atoms with E-state index in [9.17, 15) is 15.0 Å². The van der Waals surface area contributed by atoms with E-state index in [4.69, 9.17) is 5.73 Å². The van der Waals surface area contributed by atoms with E-state index in [0.717, 1.165) is 11.3 Å². The van der Waals surface area contributed by atoms with Crippen molar-refractivity contribution in [3.8, 4) is 0 Å². The fourth-order valence-corrected chi connectivity index (χ4v) is 2.42. The Hall–Kier alpha value is -2.03. The van der Waals surface area contributed by atoms with Crippen LogP contribution in [-0.2, 0) is 4.79 Å². The highest BCUT2D eigenvalue weighted by Gasteiger charge is 2.24. The van der Waals surface area contributed by atoms with Crippen molar-refractivity contribution in [1.82, 2.24) is 10.2 Å². The highest BCUT2D eigenvalue weighted by molar-refractivity contribution is 7.15. The number of carbonyl (C=O) groups excluding carboxylic acids is 1. The van der Waals surface area contributed by atoms with Gasteiger partial charge in [-0.15, -0.1) is 10.2 Å². The molecule has 2 aromatic rings. The number of amides is 1. The first-order chi connectivity index (χ1) is 9.47. The number of aromatic nitrogens is 2. The number of nitrogens with zero attached hydrogens (tertiary/aromatic N) is 2. The fourth-order valence-electron chi connectivity index (χ4n) is 1.62. The van der Waals surface area contributed by atoms with Crippen LogP contribution in [0.5, 0.6) is 0 Å². The van der Waals surface area contributed by atoms with Crippen molar-refractivity contribution in [2.45, 2.75) is 19.1 Å². The van der Waals surface area contributed by atoms with Gasteiger partial charge in [0.1, 0.15) is 12.2 Å². The number of nitrogen functional groups attached to an aromatic ring is 1. The molecule has 5 N–H and O–H groups in total. The van der Waals surface area contributed by atoms with Gasteiger partial charge in [-0.2, -0.15) is 0 Å². The van der Waals surface area contributed by atoms with Crippen LogP contribution < -0.4 is 11.1 Å². The highest BCUT2D eigenvalue weighted by atomic mass is 32.1. The summed E-state index contributed by atoms with van der Waals surface area (Å²) in [7, 11) is 0. The summed E-state index contributed by atoms with van der Waals surface area (Å²) < 4.78 is 0. The first kappa shape index (κ1) is 14.4. The summed E-state index contributed by atoms with van der Waals surface area (Å²) in [4.78, 5) is 10.9. The maximum atomic E-state index is 10.9. The zero-order chi connectivity index (χ0) is 14.7. The lowest BCUT2D eigenvalue weighted by molar-refractivity contribution is -0.114. The van der Waals surface area contributed by atoms with Crippen molar-refractivity contribution in [3.05, 3.63) is 34.8 Å². The molecule has 106 valence electrons. The van der Waals surface area contributed by atoms with Crippen LogP contribution in [0.1, 0.15) is 29.7 Å². The number of nitrogens with two attached hydrogens (primary N) is 1. The Morgan fingerprint density at radius 2 is 2.10 bits per heavy atom. The molecule has 0 saturated heterocycles. The average Bonchev–Trinajstić information content (AvgIpc) is 2.84. The SMILES string of the molecule is CC(=O)Nc1nnc(C(O)C(O)c2cccc(N)c2)s1. The zero-order valence-electron chi connectivity index (χ0n) is 10.6. The molecule has 1 aromatic heterocycles. The molecule has 2 rings (SSSR count). The second kappa shape index (κ2) is 5.95. The van der Waals surface area contributed by atoms with Crippen molar-refractivity contribution >= 4 is 28.1 Å². The molecule has 0 aliphatic rings. The van der Waals surface area contributed by atoms with E-state index in [1.807, 2.05) is 0 Å². The number of hydrogen-bond donors (Lipinski definition) is 4. The van der Waals surface area contributed by atoms with Gasteiger partial charge in [-0.1, -0.05) is 23.5 Å². The molecule has 1 aromatic carbocycles. The third kappa shape index (κ3) is 3.29. The first-order valence-corrected chi connectivity index (χ1v) is 6.61. The lowest BCUT2D eigenvalue weighted by Crippen LogP contribution is -2.10. The van der Waals surface area contributed by atoms with Gasteiger partial charge in [-0.25, -0.2) is 0 Å². The Balaban J connectivity index is 2.16. The number of aliphatic hydroxyl groups excluding tert-OH is 2. The number of nitrogens with one attached hydrogen (secondary N) is 1. The molecule has 20 heavy (non-hydrogen) atoms. The summed E-state index contributed by atoms with van der Waals surface area (Å²) in [6, 6.07) is 6.59. The quantitative estimate of drug-likeness (QED) is 0.620. The summed E-state index contributed by atoms with van der Waals surface area (Å²) in [6.07, 6.45) is -2.41. The van der Waals surface area contributed by atoms with Gasteiger partial charge in [0, 0.05) is 12.6 Å². The Morgan fingerprint density at radius 1 is 1.35 bits per heavy atom. The van der Waals surface area contributed by atoms with Crippen molar-refractivity contribution in [2.75, 3.05) is 11.1 Å². The largest absolute Gasteiger partial charge is 0.399 e. The number of benzene rings is 1. The van der Waals surface area contributed by atoms with Crippen molar-refractivity contribution in [1.29, 1.82) is 0 Å². The first-order valence-electron chi connectivity index (χ1n) is 5.80. The summed E-state index contributed by atoms with van der Waals surface area (Å²) >= 11 is 1.00. The van der Waals surface area contributed by atoms with Gasteiger partial charge in [-0.3, -0.25) is 4.79 Å². The maximum absolute atomic E-state index is 10.9. The predicted molar refractivity (Wildman–Crippen MR) is 75.0 cm³/mol. The molecule has 2 unspecified atom stereocenters. The summed E-state index contributed by atoms with van der Waals surface area (Å²) in [5, 5.41) is 30.6. The molecule has 2 atom stereocenters. The average molecular weight is 294 g/mol. The molecule has 0 saturated carbocycles. The molecule has 0 spiro atoms. The number of hydrogen-bond acceptors (Lipinski definition) is 7. The molecule has 0 aliphatic heterocycles. The van der Waals surface area contributed by atoms with Gasteiger partial charge in [-0.05, 0) is 17.7 Å². The Bertz CT molecular complexity index is 616. The fraction of sp³-hybridized carbons (Fsp3) is 0.250. The number of aliphatic hydroxyl groups is 2. The van der Waals surface area contributed by atoms with Crippen molar-refractivity contribution in [2.24, 2.45) is 0 Å². The molecule has 0 fully saturated rings. The van der Waals surface area contributed by atoms with E-state index in [-0.39, 0.29) is 16.0 Å². The van der Waals surface area contributed by atoms with E-state index in [1.54, 1.807) is 24.3 Å². The minimum atomic E-state index is -1.24. The molecule has 1 amide bonds. The van der Waals surface area contributed by atoms with Gasteiger partial charge in [0.05, 0.1) is 0 Å². The molecule has 0 bridgehead atoms. The minimum Gasteiger partial charge on any atom is -0.399 e. The molecule has 0 radical (unpaired) electrons. The Morgan fingerprint density at radius 3 is 2.75 bits per heavy atom. The second-order valence-electron chi connectivity index (χ2n) is 4.19. The number of rotatable bonds is 4. The molecule has 1 heterocycles. The van der Waals surface area contributed by atoms with Crippen molar-refractivity contribution in [3.63, 3.8) is 0 Å². The summed E-state index contributed by atoms with van der Waals surface area (Å²) in [6.45, 7) is 1.35. The summed E-state index contributed by atoms with van der Waals surface area (Å²) in [5.74, 6) is -0.279. The Kier molecular flexibility index (Phi) is 4.28. The second-order valence-corrected chi connectivity index (χ2v) is 5.20. The van der Waals surface area contributed by atoms with Gasteiger partial charge in [0.2, 0.25) is 11.0 Å². The van der Waals surface area contributed by atoms with Crippen LogP contribution in [0.15, 0.2) is 24.3 Å². The molecule has 7 nitrogen and oxygen atoms in total. The molecule has 8 heteroatoms. The van der Waals surface area contributed by atoms with Crippen molar-refractivity contribution < 1.29 is 15.0 Å². The normalized spacial score (nSPS) is 13.8. The molecular weight excluding hydrogens is 280 g/mol. The van der Waals surface area contributed by atoms with Crippen LogP contribution in [0.4, 0.5) is 10.8 Å². The monoisotopic (exact) mass is 294 g/mol. The number of carbonyl (C=O) groups is 1. The zero-order valence-corrected chi connectivity index (χ0v) is 11.5. The van der Waals surface area contributed by atoms with Crippen LogP contribution >= 0.6 is 11.3 Å². The van der Waals surface area contributed by atoms with Crippen LogP contribution in [0, 0.1) is 0 Å². The minimum absolute atomic E-state index is 0.212. The van der Waals surface area contributed by atoms with Crippen LogP contribution in [0.3, 0.4) is 0 Å². The molecule has 0 aliphatic carbocycles. The Labute approximate surface area is 119 Å². The van der Waals surface area contributed by atoms with Crippen LogP contribution in [-0.4, -0.2) is 26.3 Å². The third-order valence-corrected chi connectivity index (χ3v) is 3.44. The van der Waals surface area contributed by atoms with E-state index in [1.165, 1.54) is 6.92 Å². The third-order valence-electron chi connectivity index (χ3n) is 2.53. The van der Waals surface area contributed by atoms with Crippen LogP contribution in [0.2, 0.25) is 0 Å². The van der Waals surface area contributed by atoms with E-state index in [2.05, 4.69) is 15.5 Å². The van der Waals surface area contributed by atoms with Gasteiger partial charge < -0.3 is 21.3 Å².